The zero-order valence-electron chi connectivity index (χ0n) is 8.46. The second-order valence-electron chi connectivity index (χ2n) is 3.39. The van der Waals surface area contributed by atoms with Gasteiger partial charge < -0.3 is 4.74 Å². The van der Waals surface area contributed by atoms with Gasteiger partial charge in [-0.3, -0.25) is 0 Å². The Morgan fingerprint density at radius 1 is 1.24 bits per heavy atom. The van der Waals surface area contributed by atoms with Crippen LogP contribution in [0.1, 0.15) is 0 Å². The molecule has 0 unspecified atom stereocenters. The lowest BCUT2D eigenvalue weighted by Crippen LogP contribution is -2.19. The molecular weight excluding hydrogens is 255 g/mol. The number of nitrogens with zero attached hydrogens (tertiary/aromatic N) is 1. The quantitative estimate of drug-likeness (QED) is 0.767. The van der Waals surface area contributed by atoms with E-state index in [0.29, 0.717) is 15.9 Å². The molecule has 1 aromatic carbocycles. The number of benzene rings is 1. The molecule has 0 saturated heterocycles. The van der Waals surface area contributed by atoms with Gasteiger partial charge in [0.2, 0.25) is 0 Å². The molecule has 2 aromatic rings. The molecular formula is C11H7ClF3NO. The van der Waals surface area contributed by atoms with Gasteiger partial charge in [-0.25, -0.2) is 4.98 Å². The maximum atomic E-state index is 12.0. The van der Waals surface area contributed by atoms with Gasteiger partial charge in [-0.1, -0.05) is 11.6 Å². The summed E-state index contributed by atoms with van der Waals surface area (Å²) in [5.41, 5.74) is 0. The van der Waals surface area contributed by atoms with Crippen molar-refractivity contribution in [3.8, 4) is 5.75 Å². The third-order valence-corrected chi connectivity index (χ3v) is 2.39. The minimum Gasteiger partial charge on any atom is -0.484 e. The molecule has 0 aliphatic heterocycles. The van der Waals surface area contributed by atoms with Crippen molar-refractivity contribution < 1.29 is 17.9 Å². The van der Waals surface area contributed by atoms with Crippen molar-refractivity contribution in [2.75, 3.05) is 6.61 Å². The van der Waals surface area contributed by atoms with E-state index in [-0.39, 0.29) is 5.75 Å². The van der Waals surface area contributed by atoms with Crippen LogP contribution in [0.3, 0.4) is 0 Å². The molecule has 0 atom stereocenters. The molecule has 6 heteroatoms. The van der Waals surface area contributed by atoms with Crippen LogP contribution in [0.4, 0.5) is 13.2 Å². The van der Waals surface area contributed by atoms with Gasteiger partial charge in [0, 0.05) is 11.6 Å². The number of rotatable bonds is 2. The Labute approximate surface area is 100.0 Å². The molecule has 0 bridgehead atoms. The number of hydrogen-bond acceptors (Lipinski definition) is 2. The fourth-order valence-corrected chi connectivity index (χ4v) is 1.60. The predicted molar refractivity (Wildman–Crippen MR) is 58.3 cm³/mol. The van der Waals surface area contributed by atoms with Gasteiger partial charge in [-0.15, -0.1) is 0 Å². The van der Waals surface area contributed by atoms with Gasteiger partial charge in [0.1, 0.15) is 10.9 Å². The molecule has 2 rings (SSSR count). The summed E-state index contributed by atoms with van der Waals surface area (Å²) in [6.45, 7) is -1.31. The summed E-state index contributed by atoms with van der Waals surface area (Å²) in [6.07, 6.45) is -2.86. The summed E-state index contributed by atoms with van der Waals surface area (Å²) >= 11 is 5.83. The molecule has 0 saturated carbocycles. The number of ether oxygens (including phenoxy) is 1. The van der Waals surface area contributed by atoms with Crippen LogP contribution in [0, 0.1) is 0 Å². The Morgan fingerprint density at radius 2 is 2.00 bits per heavy atom. The zero-order chi connectivity index (χ0) is 12.5. The summed E-state index contributed by atoms with van der Waals surface area (Å²) in [5, 5.41) is 1.67. The average Bonchev–Trinajstić information content (AvgIpc) is 2.26. The molecule has 90 valence electrons. The molecule has 17 heavy (non-hydrogen) atoms. The largest absolute Gasteiger partial charge is 0.484 e. The maximum absolute atomic E-state index is 12.0. The Balaban J connectivity index is 2.26. The molecule has 2 nitrogen and oxygen atoms in total. The summed E-state index contributed by atoms with van der Waals surface area (Å²) in [6, 6.07) is 6.16. The lowest BCUT2D eigenvalue weighted by atomic mass is 10.2. The highest BCUT2D eigenvalue weighted by molar-refractivity contribution is 6.34. The van der Waals surface area contributed by atoms with Crippen molar-refractivity contribution in [2.24, 2.45) is 0 Å². The molecule has 0 amide bonds. The van der Waals surface area contributed by atoms with E-state index >= 15 is 0 Å². The van der Waals surface area contributed by atoms with Gasteiger partial charge in [-0.2, -0.15) is 13.2 Å². The maximum Gasteiger partial charge on any atom is 0.422 e. The van der Waals surface area contributed by atoms with Crippen molar-refractivity contribution in [1.29, 1.82) is 0 Å². The van der Waals surface area contributed by atoms with Crippen LogP contribution >= 0.6 is 11.6 Å². The van der Waals surface area contributed by atoms with Crippen LogP contribution in [0.5, 0.6) is 5.75 Å². The third kappa shape index (κ3) is 3.00. The van der Waals surface area contributed by atoms with Crippen molar-refractivity contribution >= 4 is 22.4 Å². The van der Waals surface area contributed by atoms with Gasteiger partial charge in [0.05, 0.1) is 0 Å². The van der Waals surface area contributed by atoms with Crippen molar-refractivity contribution in [3.05, 3.63) is 35.6 Å². The number of pyridine rings is 1. The van der Waals surface area contributed by atoms with Crippen LogP contribution < -0.4 is 4.74 Å². The van der Waals surface area contributed by atoms with E-state index in [9.17, 15) is 13.2 Å². The number of aromatic nitrogens is 1. The third-order valence-electron chi connectivity index (χ3n) is 2.09. The first kappa shape index (κ1) is 12.0. The highest BCUT2D eigenvalue weighted by atomic mass is 35.5. The average molecular weight is 262 g/mol. The number of alkyl halides is 3. The summed E-state index contributed by atoms with van der Waals surface area (Å²) in [5.74, 6) is 0.150. The highest BCUT2D eigenvalue weighted by Crippen LogP contribution is 2.26. The van der Waals surface area contributed by atoms with Crippen molar-refractivity contribution in [2.45, 2.75) is 6.18 Å². The molecule has 0 N–H and O–H groups in total. The minimum absolute atomic E-state index is 0.150. The standard InChI is InChI=1S/C11H7ClF3NO/c12-10-9-2-1-8(17-6-11(13,14)15)5-7(9)3-4-16-10/h1-5H,6H2. The smallest absolute Gasteiger partial charge is 0.422 e. The van der Waals surface area contributed by atoms with Gasteiger partial charge in [0.15, 0.2) is 6.61 Å². The lowest BCUT2D eigenvalue weighted by molar-refractivity contribution is -0.153. The Hall–Kier alpha value is -1.49. The van der Waals surface area contributed by atoms with E-state index in [2.05, 4.69) is 9.72 Å². The second-order valence-corrected chi connectivity index (χ2v) is 3.75. The Bertz CT molecular complexity index is 542. The second kappa shape index (κ2) is 4.41. The van der Waals surface area contributed by atoms with Crippen molar-refractivity contribution in [1.82, 2.24) is 4.98 Å². The molecule has 1 aromatic heterocycles. The first-order valence-electron chi connectivity index (χ1n) is 4.69. The highest BCUT2D eigenvalue weighted by Gasteiger charge is 2.28. The van der Waals surface area contributed by atoms with Gasteiger partial charge in [0.25, 0.3) is 0 Å². The van der Waals surface area contributed by atoms with Crippen LogP contribution in [-0.4, -0.2) is 17.8 Å². The van der Waals surface area contributed by atoms with Gasteiger partial charge in [-0.05, 0) is 29.7 Å². The number of halogens is 4. The number of hydrogen-bond donors (Lipinski definition) is 0. The fourth-order valence-electron chi connectivity index (χ4n) is 1.37. The fraction of sp³-hybridized carbons (Fsp3) is 0.182. The first-order valence-corrected chi connectivity index (χ1v) is 5.07. The minimum atomic E-state index is -4.34. The van der Waals surface area contributed by atoms with Crippen LogP contribution in [0.2, 0.25) is 5.15 Å². The predicted octanol–water partition coefficient (Wildman–Crippen LogP) is 3.83. The topological polar surface area (TPSA) is 22.1 Å². The summed E-state index contributed by atoms with van der Waals surface area (Å²) in [7, 11) is 0. The summed E-state index contributed by atoms with van der Waals surface area (Å²) in [4.78, 5) is 3.87. The lowest BCUT2D eigenvalue weighted by Gasteiger charge is -2.09. The zero-order valence-corrected chi connectivity index (χ0v) is 9.22. The Morgan fingerprint density at radius 3 is 2.71 bits per heavy atom. The van der Waals surface area contributed by atoms with E-state index in [1.807, 2.05) is 0 Å². The van der Waals surface area contributed by atoms with Crippen molar-refractivity contribution in [3.63, 3.8) is 0 Å². The normalized spacial score (nSPS) is 11.8. The molecule has 0 radical (unpaired) electrons. The Kier molecular flexibility index (Phi) is 3.11. The molecule has 0 aliphatic carbocycles. The number of fused-ring (bicyclic) bond motifs is 1. The SMILES string of the molecule is FC(F)(F)COc1ccc2c(Cl)nccc2c1. The molecule has 1 heterocycles. The van der Waals surface area contributed by atoms with E-state index in [1.54, 1.807) is 12.1 Å². The monoisotopic (exact) mass is 261 g/mol. The van der Waals surface area contributed by atoms with Gasteiger partial charge >= 0.3 is 6.18 Å². The van der Waals surface area contributed by atoms with E-state index in [4.69, 9.17) is 11.6 Å². The van der Waals surface area contributed by atoms with E-state index in [1.165, 1.54) is 18.3 Å². The molecule has 0 aliphatic rings. The molecule has 0 spiro atoms. The van der Waals surface area contributed by atoms with E-state index in [0.717, 1.165) is 0 Å². The summed E-state index contributed by atoms with van der Waals surface area (Å²) < 4.78 is 40.5. The molecule has 0 fully saturated rings. The van der Waals surface area contributed by atoms with E-state index < -0.39 is 12.8 Å². The van der Waals surface area contributed by atoms with Crippen LogP contribution in [-0.2, 0) is 0 Å². The first-order chi connectivity index (χ1) is 7.96. The van der Waals surface area contributed by atoms with Crippen LogP contribution in [0.25, 0.3) is 10.8 Å². The van der Waals surface area contributed by atoms with Crippen LogP contribution in [0.15, 0.2) is 30.5 Å².